The van der Waals surface area contributed by atoms with Crippen LogP contribution < -0.4 is 4.90 Å². The first-order valence-corrected chi connectivity index (χ1v) is 22.5. The van der Waals surface area contributed by atoms with Gasteiger partial charge in [0.1, 0.15) is 0 Å². The molecule has 1 heteroatoms. The molecule has 3 aliphatic rings. The maximum Gasteiger partial charge on any atom is 0.0746 e. The van der Waals surface area contributed by atoms with Gasteiger partial charge in [0.05, 0.1) is 11.1 Å². The zero-order chi connectivity index (χ0) is 42.1. The molecule has 1 atom stereocenters. The first-order valence-electron chi connectivity index (χ1n) is 22.5. The van der Waals surface area contributed by atoms with E-state index in [1.54, 1.807) is 0 Å². The Morgan fingerprint density at radius 3 is 1.33 bits per heavy atom. The van der Waals surface area contributed by atoms with Crippen molar-refractivity contribution in [2.45, 2.75) is 17.8 Å². The van der Waals surface area contributed by atoms with Crippen LogP contribution in [0.15, 0.2) is 231 Å². The van der Waals surface area contributed by atoms with Crippen LogP contribution in [-0.2, 0) is 10.8 Å². The van der Waals surface area contributed by atoms with Gasteiger partial charge in [-0.25, -0.2) is 0 Å². The van der Waals surface area contributed by atoms with Crippen molar-refractivity contribution in [3.05, 3.63) is 269 Å². The minimum absolute atomic E-state index is 0.354. The molecule has 298 valence electrons. The molecule has 0 saturated heterocycles. The van der Waals surface area contributed by atoms with Crippen LogP contribution in [0.5, 0.6) is 0 Å². The zero-order valence-corrected chi connectivity index (χ0v) is 35.4. The Hall–Kier alpha value is -8.00. The maximum absolute atomic E-state index is 2.59. The molecule has 0 aliphatic heterocycles. The lowest BCUT2D eigenvalue weighted by Gasteiger charge is -2.36. The Labute approximate surface area is 373 Å². The Morgan fingerprint density at radius 1 is 0.297 bits per heavy atom. The first-order chi connectivity index (χ1) is 31.7. The number of anilines is 3. The van der Waals surface area contributed by atoms with Crippen LogP contribution in [0.25, 0.3) is 65.7 Å². The summed E-state index contributed by atoms with van der Waals surface area (Å²) in [4.78, 5) is 2.59. The van der Waals surface area contributed by atoms with Gasteiger partial charge in [0.2, 0.25) is 0 Å². The predicted molar refractivity (Wildman–Crippen MR) is 267 cm³/mol. The Morgan fingerprint density at radius 2 is 0.719 bits per heavy atom. The molecule has 64 heavy (non-hydrogen) atoms. The van der Waals surface area contributed by atoms with Gasteiger partial charge >= 0.3 is 0 Å². The van der Waals surface area contributed by atoms with E-state index in [4.69, 9.17) is 0 Å². The number of benzene rings is 11. The molecule has 0 fully saturated rings. The molecule has 11 aromatic carbocycles. The molecular formula is C63H41N. The van der Waals surface area contributed by atoms with E-state index in [0.717, 1.165) is 11.4 Å². The Kier molecular flexibility index (Phi) is 7.24. The van der Waals surface area contributed by atoms with Crippen molar-refractivity contribution in [3.8, 4) is 33.4 Å². The van der Waals surface area contributed by atoms with E-state index in [1.807, 2.05) is 0 Å². The molecule has 3 aliphatic carbocycles. The maximum atomic E-state index is 2.59. The molecular weight excluding hydrogens is 771 g/mol. The lowest BCUT2D eigenvalue weighted by molar-refractivity contribution is 0.714. The molecule has 0 heterocycles. The quantitative estimate of drug-likeness (QED) is 0.160. The second-order valence-corrected chi connectivity index (χ2v) is 18.0. The number of hydrogen-bond donors (Lipinski definition) is 0. The third-order valence-electron chi connectivity index (χ3n) is 15.1. The zero-order valence-electron chi connectivity index (χ0n) is 35.4. The average Bonchev–Trinajstić information content (AvgIpc) is 3.94. The normalized spacial score (nSPS) is 15.8. The monoisotopic (exact) mass is 811 g/mol. The molecule has 14 rings (SSSR count). The fourth-order valence-corrected chi connectivity index (χ4v) is 12.5. The van der Waals surface area contributed by atoms with E-state index in [2.05, 4.69) is 242 Å². The molecule has 11 aromatic rings. The summed E-state index contributed by atoms with van der Waals surface area (Å²) in [6.45, 7) is 2.42. The number of hydrogen-bond acceptors (Lipinski definition) is 1. The third kappa shape index (κ3) is 4.48. The van der Waals surface area contributed by atoms with Gasteiger partial charge in [0.15, 0.2) is 0 Å². The van der Waals surface area contributed by atoms with Gasteiger partial charge in [-0.15, -0.1) is 0 Å². The van der Waals surface area contributed by atoms with Crippen LogP contribution in [0.3, 0.4) is 0 Å². The molecule has 1 nitrogen and oxygen atoms in total. The second-order valence-electron chi connectivity index (χ2n) is 18.0. The van der Waals surface area contributed by atoms with Crippen molar-refractivity contribution in [2.24, 2.45) is 0 Å². The lowest BCUT2D eigenvalue weighted by atomic mass is 9.70. The van der Waals surface area contributed by atoms with E-state index < -0.39 is 5.41 Å². The van der Waals surface area contributed by atoms with Crippen LogP contribution >= 0.6 is 0 Å². The Bertz CT molecular complexity index is 3670. The smallest absolute Gasteiger partial charge is 0.0746 e. The number of fused-ring (bicyclic) bond motifs is 19. The highest BCUT2D eigenvalue weighted by Crippen LogP contribution is 2.65. The molecule has 0 N–H and O–H groups in total. The van der Waals surface area contributed by atoms with E-state index >= 15 is 0 Å². The van der Waals surface area contributed by atoms with Gasteiger partial charge in [-0.3, -0.25) is 0 Å². The summed E-state index contributed by atoms with van der Waals surface area (Å²) in [6.07, 6.45) is 0. The number of nitrogens with zero attached hydrogens (tertiary/aromatic N) is 1. The average molecular weight is 812 g/mol. The van der Waals surface area contributed by atoms with Crippen molar-refractivity contribution in [2.75, 3.05) is 4.90 Å². The third-order valence-corrected chi connectivity index (χ3v) is 15.1. The lowest BCUT2D eigenvalue weighted by Crippen LogP contribution is -2.28. The van der Waals surface area contributed by atoms with Gasteiger partial charge in [-0.1, -0.05) is 200 Å². The van der Waals surface area contributed by atoms with Crippen LogP contribution in [0.4, 0.5) is 17.1 Å². The molecule has 0 amide bonds. The van der Waals surface area contributed by atoms with Crippen LogP contribution in [-0.4, -0.2) is 0 Å². The van der Waals surface area contributed by atoms with Crippen molar-refractivity contribution in [1.29, 1.82) is 0 Å². The summed E-state index contributed by atoms with van der Waals surface area (Å²) in [5.41, 5.74) is 19.7. The fourth-order valence-electron chi connectivity index (χ4n) is 12.5. The van der Waals surface area contributed by atoms with Gasteiger partial charge in [-0.05, 0) is 136 Å². The minimum atomic E-state index is -0.529. The molecule has 1 unspecified atom stereocenters. The Balaban J connectivity index is 1.11. The molecule has 1 spiro atoms. The first kappa shape index (κ1) is 35.6. The van der Waals surface area contributed by atoms with Gasteiger partial charge in [0, 0.05) is 22.4 Å². The van der Waals surface area contributed by atoms with Gasteiger partial charge in [0.25, 0.3) is 0 Å². The van der Waals surface area contributed by atoms with Crippen molar-refractivity contribution < 1.29 is 0 Å². The number of rotatable bonds is 4. The van der Waals surface area contributed by atoms with Crippen LogP contribution in [0, 0.1) is 0 Å². The summed E-state index contributed by atoms with van der Waals surface area (Å²) >= 11 is 0. The van der Waals surface area contributed by atoms with Crippen molar-refractivity contribution >= 4 is 49.4 Å². The second kappa shape index (κ2) is 13.0. The highest BCUT2D eigenvalue weighted by atomic mass is 15.1. The SMILES string of the molecule is CC1(c2ccccc2)c2ccccc2-c2ccc(N(c3ccc4c5ccccc5c5ccccc5c4c3)c3cccc4c3C3(c5ccccc5-c5ccccc53)c3ccccc3-4)cc21. The highest BCUT2D eigenvalue weighted by molar-refractivity contribution is 6.26. The summed E-state index contributed by atoms with van der Waals surface area (Å²) < 4.78 is 0. The van der Waals surface area contributed by atoms with E-state index in [1.165, 1.54) is 110 Å². The van der Waals surface area contributed by atoms with Crippen molar-refractivity contribution in [1.82, 2.24) is 0 Å². The largest absolute Gasteiger partial charge is 0.310 e. The topological polar surface area (TPSA) is 3.24 Å². The highest BCUT2D eigenvalue weighted by Gasteiger charge is 2.53. The minimum Gasteiger partial charge on any atom is -0.310 e. The van der Waals surface area contributed by atoms with E-state index in [-0.39, 0.29) is 5.41 Å². The molecule has 0 radical (unpaired) electrons. The van der Waals surface area contributed by atoms with Crippen molar-refractivity contribution in [3.63, 3.8) is 0 Å². The fraction of sp³-hybridized carbons (Fsp3) is 0.0476. The summed E-state index contributed by atoms with van der Waals surface area (Å²) in [7, 11) is 0. The summed E-state index contributed by atoms with van der Waals surface area (Å²) in [5.74, 6) is 0. The standard InChI is InChI=1S/C63H41N/c1-62(40-18-3-2-4-19-40)55-29-13-9-24-48(55)52-37-35-42(39-59(52)62)64(41-34-36-47-45-22-6-5-20-43(45)44-21-7-8-23-46(44)54(47)38-41)60-33-17-28-53-51-27-12-16-32-58(51)63(61(53)60)56-30-14-10-25-49(56)50-26-11-15-31-57(50)63/h2-39H,1H3. The predicted octanol–water partition coefficient (Wildman–Crippen LogP) is 16.3. The van der Waals surface area contributed by atoms with E-state index in [0.29, 0.717) is 0 Å². The van der Waals surface area contributed by atoms with Crippen LogP contribution in [0.2, 0.25) is 0 Å². The molecule has 0 aromatic heterocycles. The molecule has 0 bridgehead atoms. The summed E-state index contributed by atoms with van der Waals surface area (Å²) in [5, 5.41) is 7.61. The van der Waals surface area contributed by atoms with Gasteiger partial charge in [-0.2, -0.15) is 0 Å². The molecule has 0 saturated carbocycles. The van der Waals surface area contributed by atoms with E-state index in [9.17, 15) is 0 Å². The van der Waals surface area contributed by atoms with Crippen LogP contribution in [0.1, 0.15) is 45.9 Å². The van der Waals surface area contributed by atoms with Gasteiger partial charge < -0.3 is 4.90 Å². The summed E-state index contributed by atoms with van der Waals surface area (Å²) in [6, 6.07) is 86.9.